The van der Waals surface area contributed by atoms with Crippen molar-refractivity contribution in [3.8, 4) is 0 Å². The smallest absolute Gasteiger partial charge is 0.255 e. The van der Waals surface area contributed by atoms with E-state index in [9.17, 15) is 4.79 Å². The van der Waals surface area contributed by atoms with Crippen molar-refractivity contribution in [2.24, 2.45) is 0 Å². The van der Waals surface area contributed by atoms with Gasteiger partial charge in [-0.2, -0.15) is 0 Å². The summed E-state index contributed by atoms with van der Waals surface area (Å²) in [6.45, 7) is 4.22. The normalized spacial score (nSPS) is 10.6. The van der Waals surface area contributed by atoms with Gasteiger partial charge in [-0.25, -0.2) is 0 Å². The van der Waals surface area contributed by atoms with Crippen molar-refractivity contribution in [1.82, 2.24) is 0 Å². The Kier molecular flexibility index (Phi) is 3.94. The first-order valence-corrected chi connectivity index (χ1v) is 6.53. The average molecular weight is 269 g/mol. The SMILES string of the molecule is CC(C)c1cccc(NC(=O)c2cc(N)cc(N)c2)c1. The molecule has 0 saturated heterocycles. The minimum atomic E-state index is -0.218. The Morgan fingerprint density at radius 2 is 1.70 bits per heavy atom. The summed E-state index contributed by atoms with van der Waals surface area (Å²) in [5.74, 6) is 0.194. The maximum absolute atomic E-state index is 12.2. The van der Waals surface area contributed by atoms with Crippen LogP contribution in [0.1, 0.15) is 35.7 Å². The molecule has 2 aromatic carbocycles. The van der Waals surface area contributed by atoms with Crippen LogP contribution in [-0.2, 0) is 0 Å². The third-order valence-corrected chi connectivity index (χ3v) is 3.05. The Hall–Kier alpha value is -2.49. The van der Waals surface area contributed by atoms with Crippen LogP contribution < -0.4 is 16.8 Å². The predicted molar refractivity (Wildman–Crippen MR) is 83.8 cm³/mol. The molecule has 5 N–H and O–H groups in total. The Labute approximate surface area is 118 Å². The predicted octanol–water partition coefficient (Wildman–Crippen LogP) is 3.23. The van der Waals surface area contributed by atoms with Crippen LogP contribution in [-0.4, -0.2) is 5.91 Å². The molecule has 0 aliphatic carbocycles. The van der Waals surface area contributed by atoms with Crippen LogP contribution in [0.2, 0.25) is 0 Å². The highest BCUT2D eigenvalue weighted by atomic mass is 16.1. The first-order chi connectivity index (χ1) is 9.45. The lowest BCUT2D eigenvalue weighted by Crippen LogP contribution is -2.13. The van der Waals surface area contributed by atoms with Crippen LogP contribution in [0.15, 0.2) is 42.5 Å². The molecule has 0 aliphatic rings. The number of carbonyl (C=O) groups is 1. The Bertz CT molecular complexity index is 615. The van der Waals surface area contributed by atoms with Crippen molar-refractivity contribution in [3.63, 3.8) is 0 Å². The van der Waals surface area contributed by atoms with Gasteiger partial charge in [0.05, 0.1) is 0 Å². The number of hydrogen-bond acceptors (Lipinski definition) is 3. The minimum Gasteiger partial charge on any atom is -0.399 e. The van der Waals surface area contributed by atoms with Crippen molar-refractivity contribution in [3.05, 3.63) is 53.6 Å². The standard InChI is InChI=1S/C16H19N3O/c1-10(2)11-4-3-5-15(8-11)19-16(20)12-6-13(17)9-14(18)7-12/h3-10H,17-18H2,1-2H3,(H,19,20). The molecule has 20 heavy (non-hydrogen) atoms. The molecule has 0 fully saturated rings. The molecule has 2 aromatic rings. The molecule has 0 saturated carbocycles. The number of nitrogens with one attached hydrogen (secondary N) is 1. The molecule has 0 aliphatic heterocycles. The van der Waals surface area contributed by atoms with Gasteiger partial charge in [-0.3, -0.25) is 4.79 Å². The molecule has 0 radical (unpaired) electrons. The van der Waals surface area contributed by atoms with Crippen LogP contribution in [0.4, 0.5) is 17.1 Å². The molecule has 0 unspecified atom stereocenters. The first-order valence-electron chi connectivity index (χ1n) is 6.53. The van der Waals surface area contributed by atoms with Crippen molar-refractivity contribution in [1.29, 1.82) is 0 Å². The lowest BCUT2D eigenvalue weighted by molar-refractivity contribution is 0.102. The molecule has 0 atom stereocenters. The molecular weight excluding hydrogens is 250 g/mol. The van der Waals surface area contributed by atoms with E-state index in [0.29, 0.717) is 22.9 Å². The van der Waals surface area contributed by atoms with Gasteiger partial charge in [0.15, 0.2) is 0 Å². The third kappa shape index (κ3) is 3.29. The Morgan fingerprint density at radius 1 is 1.05 bits per heavy atom. The van der Waals surface area contributed by atoms with E-state index >= 15 is 0 Å². The number of anilines is 3. The molecule has 0 bridgehead atoms. The van der Waals surface area contributed by atoms with E-state index in [1.165, 1.54) is 5.56 Å². The molecule has 0 aromatic heterocycles. The fourth-order valence-corrected chi connectivity index (χ4v) is 1.99. The van der Waals surface area contributed by atoms with Gasteiger partial charge in [0.1, 0.15) is 0 Å². The highest BCUT2D eigenvalue weighted by Crippen LogP contribution is 2.20. The van der Waals surface area contributed by atoms with E-state index in [4.69, 9.17) is 11.5 Å². The van der Waals surface area contributed by atoms with Gasteiger partial charge >= 0.3 is 0 Å². The lowest BCUT2D eigenvalue weighted by Gasteiger charge is -2.10. The van der Waals surface area contributed by atoms with E-state index in [1.807, 2.05) is 24.3 Å². The zero-order valence-corrected chi connectivity index (χ0v) is 11.7. The number of nitrogen functional groups attached to an aromatic ring is 2. The van der Waals surface area contributed by atoms with Crippen molar-refractivity contribution >= 4 is 23.0 Å². The summed E-state index contributed by atoms with van der Waals surface area (Å²) in [5.41, 5.74) is 14.7. The molecule has 4 heteroatoms. The maximum Gasteiger partial charge on any atom is 0.255 e. The molecule has 2 rings (SSSR count). The number of hydrogen-bond donors (Lipinski definition) is 3. The molecule has 0 spiro atoms. The van der Waals surface area contributed by atoms with Crippen LogP contribution in [0.3, 0.4) is 0 Å². The third-order valence-electron chi connectivity index (χ3n) is 3.05. The van der Waals surface area contributed by atoms with E-state index < -0.39 is 0 Å². The highest BCUT2D eigenvalue weighted by molar-refractivity contribution is 6.05. The van der Waals surface area contributed by atoms with E-state index in [2.05, 4.69) is 19.2 Å². The van der Waals surface area contributed by atoms with Gasteiger partial charge in [-0.05, 0) is 41.8 Å². The van der Waals surface area contributed by atoms with Crippen LogP contribution >= 0.6 is 0 Å². The number of nitrogens with two attached hydrogens (primary N) is 2. The topological polar surface area (TPSA) is 81.1 Å². The van der Waals surface area contributed by atoms with Gasteiger partial charge in [0, 0.05) is 22.6 Å². The first kappa shape index (κ1) is 13.9. The van der Waals surface area contributed by atoms with Gasteiger partial charge in [0.25, 0.3) is 5.91 Å². The van der Waals surface area contributed by atoms with E-state index in [-0.39, 0.29) is 5.91 Å². The van der Waals surface area contributed by atoms with Crippen molar-refractivity contribution in [2.45, 2.75) is 19.8 Å². The van der Waals surface area contributed by atoms with Crippen LogP contribution in [0.5, 0.6) is 0 Å². The largest absolute Gasteiger partial charge is 0.399 e. The molecule has 4 nitrogen and oxygen atoms in total. The van der Waals surface area contributed by atoms with E-state index in [0.717, 1.165) is 5.69 Å². The summed E-state index contributed by atoms with van der Waals surface area (Å²) in [5, 5.41) is 2.86. The molecule has 1 amide bonds. The van der Waals surface area contributed by atoms with Crippen molar-refractivity contribution in [2.75, 3.05) is 16.8 Å². The summed E-state index contributed by atoms with van der Waals surface area (Å²) < 4.78 is 0. The second kappa shape index (κ2) is 5.65. The van der Waals surface area contributed by atoms with Crippen LogP contribution in [0.25, 0.3) is 0 Å². The summed E-state index contributed by atoms with van der Waals surface area (Å²) in [6.07, 6.45) is 0. The van der Waals surface area contributed by atoms with Gasteiger partial charge in [0.2, 0.25) is 0 Å². The fourth-order valence-electron chi connectivity index (χ4n) is 1.99. The number of amides is 1. The minimum absolute atomic E-state index is 0.218. The molecule has 104 valence electrons. The number of rotatable bonds is 3. The van der Waals surface area contributed by atoms with Gasteiger partial charge < -0.3 is 16.8 Å². The number of carbonyl (C=O) groups excluding carboxylic acids is 1. The zero-order valence-electron chi connectivity index (χ0n) is 11.7. The zero-order chi connectivity index (χ0) is 14.7. The van der Waals surface area contributed by atoms with Crippen LogP contribution in [0, 0.1) is 0 Å². The van der Waals surface area contributed by atoms with E-state index in [1.54, 1.807) is 18.2 Å². The second-order valence-corrected chi connectivity index (χ2v) is 5.12. The maximum atomic E-state index is 12.2. The fraction of sp³-hybridized carbons (Fsp3) is 0.188. The lowest BCUT2D eigenvalue weighted by atomic mass is 10.0. The average Bonchev–Trinajstić information content (AvgIpc) is 2.37. The number of benzene rings is 2. The molecule has 0 heterocycles. The summed E-state index contributed by atoms with van der Waals surface area (Å²) in [7, 11) is 0. The van der Waals surface area contributed by atoms with Crippen molar-refractivity contribution < 1.29 is 4.79 Å². The second-order valence-electron chi connectivity index (χ2n) is 5.12. The summed E-state index contributed by atoms with van der Waals surface area (Å²) in [4.78, 5) is 12.2. The quantitative estimate of drug-likeness (QED) is 0.748. The summed E-state index contributed by atoms with van der Waals surface area (Å²) in [6, 6.07) is 12.6. The van der Waals surface area contributed by atoms with Gasteiger partial charge in [-0.1, -0.05) is 26.0 Å². The highest BCUT2D eigenvalue weighted by Gasteiger charge is 2.08. The Balaban J connectivity index is 2.21. The Morgan fingerprint density at radius 3 is 2.30 bits per heavy atom. The molecular formula is C16H19N3O. The monoisotopic (exact) mass is 269 g/mol. The van der Waals surface area contributed by atoms with Gasteiger partial charge in [-0.15, -0.1) is 0 Å². The summed E-state index contributed by atoms with van der Waals surface area (Å²) >= 11 is 0.